The van der Waals surface area contributed by atoms with Crippen molar-refractivity contribution in [3.63, 3.8) is 0 Å². The van der Waals surface area contributed by atoms with E-state index < -0.39 is 10.0 Å². The van der Waals surface area contributed by atoms with E-state index in [0.717, 1.165) is 29.3 Å². The van der Waals surface area contributed by atoms with E-state index in [1.54, 1.807) is 10.4 Å². The summed E-state index contributed by atoms with van der Waals surface area (Å²) in [6, 6.07) is 2.14. The maximum Gasteiger partial charge on any atom is 0.244 e. The summed E-state index contributed by atoms with van der Waals surface area (Å²) in [5.41, 5.74) is 0. The maximum absolute atomic E-state index is 12.9. The number of thiophene rings is 1. The molecule has 0 bridgehead atoms. The predicted molar refractivity (Wildman–Crippen MR) is 86.6 cm³/mol. The molecule has 1 atom stereocenters. The fourth-order valence-corrected chi connectivity index (χ4v) is 6.49. The summed E-state index contributed by atoms with van der Waals surface area (Å²) in [6.45, 7) is 5.07. The molecule has 0 aliphatic carbocycles. The SMILES string of the molecule is Cc1sc(CCl)cc1S(=O)(=O)N1CCN2CCCCC2C1. The molecule has 0 amide bonds. The summed E-state index contributed by atoms with van der Waals surface area (Å²) in [4.78, 5) is 4.66. The van der Waals surface area contributed by atoms with Crippen molar-refractivity contribution in [3.8, 4) is 0 Å². The second kappa shape index (κ2) is 6.16. The average Bonchev–Trinajstić information content (AvgIpc) is 2.88. The highest BCUT2D eigenvalue weighted by atomic mass is 35.5. The van der Waals surface area contributed by atoms with E-state index in [0.29, 0.717) is 29.9 Å². The quantitative estimate of drug-likeness (QED) is 0.788. The lowest BCUT2D eigenvalue weighted by molar-refractivity contribution is 0.0851. The molecule has 3 heterocycles. The van der Waals surface area contributed by atoms with Gasteiger partial charge in [0.1, 0.15) is 0 Å². The Labute approximate surface area is 135 Å². The molecular formula is C14H21ClN2O2S2. The van der Waals surface area contributed by atoms with Crippen LogP contribution in [-0.4, -0.2) is 49.8 Å². The molecular weight excluding hydrogens is 328 g/mol. The van der Waals surface area contributed by atoms with E-state index in [1.807, 2.05) is 6.92 Å². The summed E-state index contributed by atoms with van der Waals surface area (Å²) in [5, 5.41) is 0. The van der Waals surface area contributed by atoms with Crippen LogP contribution in [0.5, 0.6) is 0 Å². The minimum absolute atomic E-state index is 0.372. The highest BCUT2D eigenvalue weighted by Gasteiger charge is 2.36. The van der Waals surface area contributed by atoms with Crippen molar-refractivity contribution >= 4 is 33.0 Å². The normalized spacial score (nSPS) is 25.0. The number of halogens is 1. The Hall–Kier alpha value is -0.140. The molecule has 21 heavy (non-hydrogen) atoms. The Morgan fingerprint density at radius 3 is 2.86 bits per heavy atom. The number of fused-ring (bicyclic) bond motifs is 1. The van der Waals surface area contributed by atoms with Crippen LogP contribution < -0.4 is 0 Å². The number of nitrogens with zero attached hydrogens (tertiary/aromatic N) is 2. The molecule has 0 aromatic carbocycles. The molecule has 118 valence electrons. The van der Waals surface area contributed by atoms with Gasteiger partial charge in [0.2, 0.25) is 10.0 Å². The second-order valence-corrected chi connectivity index (χ2v) is 9.33. The van der Waals surface area contributed by atoms with Crippen molar-refractivity contribution in [2.75, 3.05) is 26.2 Å². The third-order valence-corrected chi connectivity index (χ3v) is 8.09. The van der Waals surface area contributed by atoms with E-state index in [2.05, 4.69) is 4.90 Å². The molecule has 2 aliphatic rings. The number of hydrogen-bond donors (Lipinski definition) is 0. The summed E-state index contributed by atoms with van der Waals surface area (Å²) in [5.74, 6) is 0.372. The van der Waals surface area contributed by atoms with Crippen LogP contribution in [0.15, 0.2) is 11.0 Å². The van der Waals surface area contributed by atoms with Gasteiger partial charge in [-0.25, -0.2) is 8.42 Å². The maximum atomic E-state index is 12.9. The monoisotopic (exact) mass is 348 g/mol. The molecule has 3 rings (SSSR count). The summed E-state index contributed by atoms with van der Waals surface area (Å²) >= 11 is 7.31. The number of sulfonamides is 1. The largest absolute Gasteiger partial charge is 0.298 e. The van der Waals surface area contributed by atoms with Crippen LogP contribution in [0.1, 0.15) is 29.0 Å². The smallest absolute Gasteiger partial charge is 0.244 e. The highest BCUT2D eigenvalue weighted by molar-refractivity contribution is 7.89. The molecule has 1 unspecified atom stereocenters. The fraction of sp³-hybridized carbons (Fsp3) is 0.714. The topological polar surface area (TPSA) is 40.6 Å². The van der Waals surface area contributed by atoms with Crippen LogP contribution >= 0.6 is 22.9 Å². The van der Waals surface area contributed by atoms with Crippen LogP contribution in [0, 0.1) is 6.92 Å². The Kier molecular flexibility index (Phi) is 4.62. The first-order valence-corrected chi connectivity index (χ1v) is 10.2. The number of alkyl halides is 1. The minimum atomic E-state index is -3.37. The molecule has 2 fully saturated rings. The summed E-state index contributed by atoms with van der Waals surface area (Å²) in [6.07, 6.45) is 3.57. The van der Waals surface area contributed by atoms with Gasteiger partial charge in [0.05, 0.1) is 10.8 Å². The number of piperazine rings is 1. The number of aryl methyl sites for hydroxylation is 1. The highest BCUT2D eigenvalue weighted by Crippen LogP contribution is 2.31. The first-order chi connectivity index (χ1) is 10.0. The standard InChI is InChI=1S/C14H21ClN2O2S2/c1-11-14(8-13(9-15)20-11)21(18,19)17-7-6-16-5-3-2-4-12(16)10-17/h8,12H,2-7,9-10H2,1H3. The first kappa shape index (κ1) is 15.7. The molecule has 4 nitrogen and oxygen atoms in total. The minimum Gasteiger partial charge on any atom is -0.298 e. The molecule has 1 aromatic rings. The summed E-state index contributed by atoms with van der Waals surface area (Å²) < 4.78 is 27.4. The fourth-order valence-electron chi connectivity index (χ4n) is 3.33. The van der Waals surface area contributed by atoms with Crippen LogP contribution in [0.4, 0.5) is 0 Å². The van der Waals surface area contributed by atoms with E-state index in [-0.39, 0.29) is 0 Å². The lowest BCUT2D eigenvalue weighted by Gasteiger charge is -2.43. The van der Waals surface area contributed by atoms with Gasteiger partial charge >= 0.3 is 0 Å². The van der Waals surface area contributed by atoms with Crippen molar-refractivity contribution in [1.82, 2.24) is 9.21 Å². The molecule has 2 saturated heterocycles. The molecule has 0 radical (unpaired) electrons. The average molecular weight is 349 g/mol. The zero-order valence-electron chi connectivity index (χ0n) is 12.2. The Balaban J connectivity index is 1.83. The van der Waals surface area contributed by atoms with E-state index in [1.165, 1.54) is 24.2 Å². The van der Waals surface area contributed by atoms with Crippen LogP contribution in [-0.2, 0) is 15.9 Å². The van der Waals surface area contributed by atoms with Crippen molar-refractivity contribution in [1.29, 1.82) is 0 Å². The number of hydrogen-bond acceptors (Lipinski definition) is 4. The van der Waals surface area contributed by atoms with Gasteiger partial charge in [0.25, 0.3) is 0 Å². The van der Waals surface area contributed by atoms with Gasteiger partial charge < -0.3 is 0 Å². The predicted octanol–water partition coefficient (Wildman–Crippen LogP) is 2.65. The van der Waals surface area contributed by atoms with Gasteiger partial charge in [0.15, 0.2) is 0 Å². The third kappa shape index (κ3) is 3.01. The van der Waals surface area contributed by atoms with Gasteiger partial charge in [-0.05, 0) is 32.4 Å². The van der Waals surface area contributed by atoms with Crippen molar-refractivity contribution in [2.24, 2.45) is 0 Å². The number of rotatable bonds is 3. The van der Waals surface area contributed by atoms with Crippen LogP contribution in [0.3, 0.4) is 0 Å². The van der Waals surface area contributed by atoms with E-state index >= 15 is 0 Å². The molecule has 0 N–H and O–H groups in total. The zero-order valence-corrected chi connectivity index (χ0v) is 14.6. The number of piperidine rings is 1. The van der Waals surface area contributed by atoms with E-state index in [9.17, 15) is 8.42 Å². The molecule has 7 heteroatoms. The van der Waals surface area contributed by atoms with Crippen molar-refractivity contribution in [2.45, 2.75) is 43.0 Å². The Morgan fingerprint density at radius 1 is 1.33 bits per heavy atom. The molecule has 0 spiro atoms. The summed E-state index contributed by atoms with van der Waals surface area (Å²) in [7, 11) is -3.37. The molecule has 2 aliphatic heterocycles. The third-order valence-electron chi connectivity index (χ3n) is 4.47. The van der Waals surface area contributed by atoms with Gasteiger partial charge in [-0.15, -0.1) is 22.9 Å². The van der Waals surface area contributed by atoms with E-state index in [4.69, 9.17) is 11.6 Å². The van der Waals surface area contributed by atoms with Gasteiger partial charge in [-0.2, -0.15) is 4.31 Å². The van der Waals surface area contributed by atoms with Crippen molar-refractivity contribution < 1.29 is 8.42 Å². The van der Waals surface area contributed by atoms with Crippen LogP contribution in [0.2, 0.25) is 0 Å². The van der Waals surface area contributed by atoms with Gasteiger partial charge in [-0.1, -0.05) is 6.42 Å². The van der Waals surface area contributed by atoms with Crippen molar-refractivity contribution in [3.05, 3.63) is 15.8 Å². The zero-order chi connectivity index (χ0) is 15.0. The second-order valence-electron chi connectivity index (χ2n) is 5.82. The van der Waals surface area contributed by atoms with Gasteiger partial charge in [0, 0.05) is 35.4 Å². The lowest BCUT2D eigenvalue weighted by Crippen LogP contribution is -2.56. The lowest BCUT2D eigenvalue weighted by atomic mass is 10.0. The Bertz CT molecular complexity index is 614. The molecule has 0 saturated carbocycles. The first-order valence-electron chi connectivity index (χ1n) is 7.42. The molecule has 1 aromatic heterocycles. The van der Waals surface area contributed by atoms with Crippen LogP contribution in [0.25, 0.3) is 0 Å². The Morgan fingerprint density at radius 2 is 2.14 bits per heavy atom. The van der Waals surface area contributed by atoms with Gasteiger partial charge in [-0.3, -0.25) is 4.90 Å².